The molecule has 0 spiro atoms. The number of piperidine rings is 1. The average molecular weight is 556 g/mol. The number of benzene rings is 3. The molecule has 1 saturated heterocycles. The lowest BCUT2D eigenvalue weighted by molar-refractivity contribution is 0.0118. The first-order chi connectivity index (χ1) is 17.8. The largest absolute Gasteiger partial charge is 0.385 e. The molecule has 4 rings (SSSR count). The predicted octanol–water partition coefficient (Wildman–Crippen LogP) is 5.93. The number of carbonyl (C=O) groups is 1. The summed E-state index contributed by atoms with van der Waals surface area (Å²) in [5.41, 5.74) is 3.24. The zero-order valence-corrected chi connectivity index (χ0v) is 23.7. The Morgan fingerprint density at radius 1 is 0.947 bits per heavy atom. The lowest BCUT2D eigenvalue weighted by Gasteiger charge is -2.39. The summed E-state index contributed by atoms with van der Waals surface area (Å²) < 4.78 is 26.5. The van der Waals surface area contributed by atoms with Crippen molar-refractivity contribution < 1.29 is 18.3 Å². The van der Waals surface area contributed by atoms with Crippen molar-refractivity contribution in [3.05, 3.63) is 88.4 Å². The smallest absolute Gasteiger partial charge is 0.255 e. The molecule has 1 fully saturated rings. The number of aryl methyl sites for hydroxylation is 1. The molecule has 38 heavy (non-hydrogen) atoms. The number of nitrogens with one attached hydrogen (secondary N) is 2. The molecule has 3 aromatic rings. The second-order valence-corrected chi connectivity index (χ2v) is 13.6. The van der Waals surface area contributed by atoms with Gasteiger partial charge in [0.25, 0.3) is 5.91 Å². The summed E-state index contributed by atoms with van der Waals surface area (Å²) in [7, 11) is -3.56. The zero-order chi connectivity index (χ0) is 27.7. The number of halogens is 1. The van der Waals surface area contributed by atoms with Crippen LogP contribution >= 0.6 is 11.6 Å². The van der Waals surface area contributed by atoms with E-state index in [1.807, 2.05) is 36.4 Å². The maximum atomic E-state index is 12.9. The van der Waals surface area contributed by atoms with Crippen LogP contribution in [0.4, 0.5) is 17.1 Å². The molecule has 0 bridgehead atoms. The van der Waals surface area contributed by atoms with Crippen molar-refractivity contribution in [2.75, 3.05) is 28.0 Å². The summed E-state index contributed by atoms with van der Waals surface area (Å²) >= 11 is 5.99. The van der Waals surface area contributed by atoms with Crippen LogP contribution in [0.3, 0.4) is 0 Å². The van der Waals surface area contributed by atoms with E-state index in [1.54, 1.807) is 58.0 Å². The van der Waals surface area contributed by atoms with Gasteiger partial charge in [-0.2, -0.15) is 0 Å². The lowest BCUT2D eigenvalue weighted by atomic mass is 9.84. The number of anilines is 3. The molecule has 1 heterocycles. The minimum absolute atomic E-state index is 0.272. The molecule has 3 aromatic carbocycles. The number of rotatable bonds is 6. The van der Waals surface area contributed by atoms with E-state index in [1.165, 1.54) is 0 Å². The van der Waals surface area contributed by atoms with Crippen LogP contribution in [0.25, 0.3) is 0 Å². The van der Waals surface area contributed by atoms with Gasteiger partial charge in [0.15, 0.2) is 0 Å². The normalized spacial score (nSPS) is 15.7. The van der Waals surface area contributed by atoms with Crippen LogP contribution in [0.15, 0.2) is 66.7 Å². The van der Waals surface area contributed by atoms with Crippen LogP contribution < -0.4 is 14.9 Å². The molecule has 0 radical (unpaired) electrons. The van der Waals surface area contributed by atoms with Gasteiger partial charge in [0.1, 0.15) is 0 Å². The monoisotopic (exact) mass is 555 g/mol. The molecule has 0 aromatic heterocycles. The molecule has 1 aliphatic rings. The van der Waals surface area contributed by atoms with Crippen molar-refractivity contribution in [1.29, 1.82) is 0 Å². The van der Waals surface area contributed by atoms with Gasteiger partial charge < -0.3 is 15.3 Å². The van der Waals surface area contributed by atoms with Crippen molar-refractivity contribution >= 4 is 44.6 Å². The second-order valence-electron chi connectivity index (χ2n) is 10.8. The van der Waals surface area contributed by atoms with Gasteiger partial charge in [0.2, 0.25) is 10.0 Å². The van der Waals surface area contributed by atoms with Crippen molar-refractivity contribution in [3.8, 4) is 0 Å². The fraction of sp³-hybridized carbons (Fsp3) is 0.345. The SMILES string of the molecule is Cc1cc(NS(=O)(=O)C(C)(C)C)ccc1C(=O)Nc1ccc(N2CCC(O)(c3ccc(Cl)cc3)CC2)cc1. The molecule has 202 valence electrons. The third-order valence-electron chi connectivity index (χ3n) is 6.99. The quantitative estimate of drug-likeness (QED) is 0.350. The van der Waals surface area contributed by atoms with E-state index in [4.69, 9.17) is 11.6 Å². The van der Waals surface area contributed by atoms with E-state index in [-0.39, 0.29) is 5.91 Å². The standard InChI is InChI=1S/C29H34ClN3O4S/c1-20-19-24(32-38(36,37)28(2,3)4)11-14-26(20)27(34)31-23-9-12-25(13-10-23)33-17-15-29(35,16-18-33)21-5-7-22(30)8-6-21/h5-14,19,32,35H,15-18H2,1-4H3,(H,31,34). The van der Waals surface area contributed by atoms with Crippen LogP contribution in [0, 0.1) is 6.92 Å². The van der Waals surface area contributed by atoms with Gasteiger partial charge in [-0.1, -0.05) is 23.7 Å². The van der Waals surface area contributed by atoms with E-state index in [9.17, 15) is 18.3 Å². The van der Waals surface area contributed by atoms with E-state index >= 15 is 0 Å². The van der Waals surface area contributed by atoms with Gasteiger partial charge in [-0.15, -0.1) is 0 Å². The molecule has 1 aliphatic heterocycles. The highest BCUT2D eigenvalue weighted by atomic mass is 35.5. The first kappa shape index (κ1) is 28.0. The van der Waals surface area contributed by atoms with Crippen molar-refractivity contribution in [2.24, 2.45) is 0 Å². The van der Waals surface area contributed by atoms with Gasteiger partial charge in [-0.3, -0.25) is 9.52 Å². The van der Waals surface area contributed by atoms with Crippen LogP contribution in [-0.2, 0) is 15.6 Å². The zero-order valence-electron chi connectivity index (χ0n) is 22.1. The highest BCUT2D eigenvalue weighted by Crippen LogP contribution is 2.35. The van der Waals surface area contributed by atoms with Crippen LogP contribution in [-0.4, -0.2) is 37.3 Å². The van der Waals surface area contributed by atoms with Crippen LogP contribution in [0.2, 0.25) is 5.02 Å². The molecule has 0 unspecified atom stereocenters. The number of hydrogen-bond donors (Lipinski definition) is 3. The first-order valence-electron chi connectivity index (χ1n) is 12.6. The molecule has 9 heteroatoms. The minimum Gasteiger partial charge on any atom is -0.385 e. The van der Waals surface area contributed by atoms with Gasteiger partial charge >= 0.3 is 0 Å². The Morgan fingerprint density at radius 3 is 2.08 bits per heavy atom. The van der Waals surface area contributed by atoms with Gasteiger partial charge in [-0.05, 0) is 106 Å². The number of sulfonamides is 1. The number of hydrogen-bond acceptors (Lipinski definition) is 5. The third-order valence-corrected chi connectivity index (χ3v) is 9.36. The maximum absolute atomic E-state index is 12.9. The topological polar surface area (TPSA) is 98.7 Å². The lowest BCUT2D eigenvalue weighted by Crippen LogP contribution is -2.42. The van der Waals surface area contributed by atoms with Crippen LogP contribution in [0.5, 0.6) is 0 Å². The Hall–Kier alpha value is -3.07. The molecule has 1 amide bonds. The van der Waals surface area contributed by atoms with E-state index in [0.29, 0.717) is 53.5 Å². The molecular formula is C29H34ClN3O4S. The van der Waals surface area contributed by atoms with Gasteiger partial charge in [0, 0.05) is 40.7 Å². The minimum atomic E-state index is -3.56. The molecule has 0 aliphatic carbocycles. The van der Waals surface area contributed by atoms with Gasteiger partial charge in [0.05, 0.1) is 10.3 Å². The summed E-state index contributed by atoms with van der Waals surface area (Å²) in [6.45, 7) is 8.06. The number of aliphatic hydroxyl groups is 1. The molecular weight excluding hydrogens is 522 g/mol. The van der Waals surface area contributed by atoms with E-state index < -0.39 is 20.4 Å². The predicted molar refractivity (Wildman–Crippen MR) is 155 cm³/mol. The fourth-order valence-corrected chi connectivity index (χ4v) is 5.30. The Kier molecular flexibility index (Phi) is 7.79. The summed E-state index contributed by atoms with van der Waals surface area (Å²) in [5.74, 6) is -0.272. The summed E-state index contributed by atoms with van der Waals surface area (Å²) in [6, 6.07) is 19.9. The summed E-state index contributed by atoms with van der Waals surface area (Å²) in [6.07, 6.45) is 1.21. The molecule has 0 atom stereocenters. The number of amides is 1. The highest BCUT2D eigenvalue weighted by Gasteiger charge is 2.34. The van der Waals surface area contributed by atoms with Crippen molar-refractivity contribution in [3.63, 3.8) is 0 Å². The molecule has 7 nitrogen and oxygen atoms in total. The fourth-order valence-electron chi connectivity index (χ4n) is 4.43. The molecule has 0 saturated carbocycles. The Balaban J connectivity index is 1.37. The third kappa shape index (κ3) is 6.14. The first-order valence-corrected chi connectivity index (χ1v) is 14.4. The van der Waals surface area contributed by atoms with E-state index in [0.717, 1.165) is 11.3 Å². The number of nitrogens with zero attached hydrogens (tertiary/aromatic N) is 1. The second kappa shape index (κ2) is 10.6. The Bertz CT molecular complexity index is 1410. The van der Waals surface area contributed by atoms with Crippen molar-refractivity contribution in [2.45, 2.75) is 50.9 Å². The summed E-state index contributed by atoms with van der Waals surface area (Å²) in [4.78, 5) is 15.1. The Labute approximate surface area is 229 Å². The van der Waals surface area contributed by atoms with E-state index in [2.05, 4.69) is 14.9 Å². The number of carbonyl (C=O) groups excluding carboxylic acids is 1. The van der Waals surface area contributed by atoms with Gasteiger partial charge in [-0.25, -0.2) is 8.42 Å². The highest BCUT2D eigenvalue weighted by molar-refractivity contribution is 7.94. The summed E-state index contributed by atoms with van der Waals surface area (Å²) in [5, 5.41) is 14.7. The van der Waals surface area contributed by atoms with Crippen molar-refractivity contribution in [1.82, 2.24) is 0 Å². The average Bonchev–Trinajstić information content (AvgIpc) is 2.84. The maximum Gasteiger partial charge on any atom is 0.255 e. The molecule has 3 N–H and O–H groups in total. The van der Waals surface area contributed by atoms with Crippen LogP contribution in [0.1, 0.15) is 55.1 Å². The Morgan fingerprint density at radius 2 is 1.53 bits per heavy atom.